The number of ether oxygens (including phenoxy) is 1. The second kappa shape index (κ2) is 10.2. The molecule has 7 nitrogen and oxygen atoms in total. The van der Waals surface area contributed by atoms with Crippen LogP contribution in [0.5, 0.6) is 5.75 Å². The number of piperidine rings is 1. The van der Waals surface area contributed by atoms with Gasteiger partial charge in [-0.15, -0.1) is 0 Å². The number of halogens is 5. The van der Waals surface area contributed by atoms with Crippen LogP contribution in [0.3, 0.4) is 0 Å². The molecular formula is C22H22BrF4N5O2. The summed E-state index contributed by atoms with van der Waals surface area (Å²) in [6, 6.07) is 6.03. The lowest BCUT2D eigenvalue weighted by Crippen LogP contribution is -2.39. The van der Waals surface area contributed by atoms with Gasteiger partial charge in [-0.1, -0.05) is 0 Å². The summed E-state index contributed by atoms with van der Waals surface area (Å²) in [7, 11) is 0. The summed E-state index contributed by atoms with van der Waals surface area (Å²) in [6.07, 6.45) is -0.797. The zero-order valence-electron chi connectivity index (χ0n) is 17.9. The molecule has 3 heterocycles. The number of fused-ring (bicyclic) bond motifs is 1. The van der Waals surface area contributed by atoms with Crippen molar-refractivity contribution in [2.24, 2.45) is 0 Å². The van der Waals surface area contributed by atoms with Crippen LogP contribution in [0.15, 0.2) is 47.3 Å². The van der Waals surface area contributed by atoms with Crippen molar-refractivity contribution in [3.63, 3.8) is 0 Å². The number of carbonyl (C=O) groups is 1. The maximum absolute atomic E-state index is 13.7. The first-order chi connectivity index (χ1) is 16.2. The second-order valence-electron chi connectivity index (χ2n) is 7.83. The molecule has 2 amide bonds. The van der Waals surface area contributed by atoms with Crippen molar-refractivity contribution >= 4 is 39.0 Å². The van der Waals surface area contributed by atoms with Crippen LogP contribution >= 0.6 is 15.9 Å². The molecule has 0 radical (unpaired) electrons. The van der Waals surface area contributed by atoms with Gasteiger partial charge in [-0.2, -0.15) is 13.2 Å². The predicted molar refractivity (Wildman–Crippen MR) is 123 cm³/mol. The van der Waals surface area contributed by atoms with Crippen LogP contribution in [0.1, 0.15) is 18.4 Å². The molecule has 0 aliphatic carbocycles. The fraction of sp³-hybridized carbons (Fsp3) is 0.364. The van der Waals surface area contributed by atoms with Crippen LogP contribution in [0, 0.1) is 0 Å². The molecule has 182 valence electrons. The van der Waals surface area contributed by atoms with Gasteiger partial charge < -0.3 is 20.3 Å². The van der Waals surface area contributed by atoms with E-state index in [1.807, 2.05) is 4.90 Å². The van der Waals surface area contributed by atoms with Gasteiger partial charge in [0, 0.05) is 37.7 Å². The summed E-state index contributed by atoms with van der Waals surface area (Å²) < 4.78 is 61.8. The summed E-state index contributed by atoms with van der Waals surface area (Å²) in [5.41, 5.74) is -0.148. The number of benzene rings is 1. The number of amides is 2. The van der Waals surface area contributed by atoms with E-state index in [-0.39, 0.29) is 11.4 Å². The summed E-state index contributed by atoms with van der Waals surface area (Å²) in [4.78, 5) is 18.6. The highest BCUT2D eigenvalue weighted by molar-refractivity contribution is 9.10. The number of carbonyl (C=O) groups excluding carboxylic acids is 1. The molecule has 1 fully saturated rings. The van der Waals surface area contributed by atoms with Crippen LogP contribution in [-0.2, 0) is 6.18 Å². The quantitative estimate of drug-likeness (QED) is 0.315. The lowest BCUT2D eigenvalue weighted by Gasteiger charge is -2.32. The summed E-state index contributed by atoms with van der Waals surface area (Å²) >= 11 is 3.37. The summed E-state index contributed by atoms with van der Waals surface area (Å²) in [6.45, 7) is 0.987. The number of likely N-dealkylation sites (tertiary alicyclic amines) is 1. The summed E-state index contributed by atoms with van der Waals surface area (Å²) in [5, 5.41) is 5.03. The Bertz CT molecular complexity index is 1160. The Balaban J connectivity index is 1.46. The normalized spacial score (nSPS) is 15.4. The van der Waals surface area contributed by atoms with E-state index in [0.29, 0.717) is 43.8 Å². The zero-order valence-corrected chi connectivity index (χ0v) is 19.5. The molecule has 0 spiro atoms. The lowest BCUT2D eigenvalue weighted by molar-refractivity contribution is -0.139. The molecular weight excluding hydrogens is 522 g/mol. The number of hydrogen-bond acceptors (Lipinski definition) is 4. The van der Waals surface area contributed by atoms with E-state index in [1.165, 1.54) is 12.1 Å². The fourth-order valence-electron chi connectivity index (χ4n) is 3.85. The van der Waals surface area contributed by atoms with Gasteiger partial charge in [-0.25, -0.2) is 14.2 Å². The van der Waals surface area contributed by atoms with Gasteiger partial charge in [0.1, 0.15) is 18.5 Å². The van der Waals surface area contributed by atoms with E-state index in [0.717, 1.165) is 10.7 Å². The minimum Gasteiger partial charge on any atom is -0.490 e. The smallest absolute Gasteiger partial charge is 0.420 e. The fourth-order valence-corrected chi connectivity index (χ4v) is 4.26. The average Bonchev–Trinajstić information content (AvgIpc) is 3.29. The Hall–Kier alpha value is -2.86. The second-order valence-corrected chi connectivity index (χ2v) is 8.64. The number of nitrogens with one attached hydrogen (secondary N) is 2. The molecule has 1 saturated heterocycles. The number of imidazole rings is 1. The molecule has 0 atom stereocenters. The predicted octanol–water partition coefficient (Wildman–Crippen LogP) is 5.57. The monoisotopic (exact) mass is 543 g/mol. The highest BCUT2D eigenvalue weighted by Gasteiger charge is 2.36. The van der Waals surface area contributed by atoms with Crippen molar-refractivity contribution in [2.45, 2.75) is 25.1 Å². The molecule has 2 aromatic heterocycles. The molecule has 34 heavy (non-hydrogen) atoms. The highest BCUT2D eigenvalue weighted by Crippen LogP contribution is 2.39. The standard InChI is InChI=1S/C22H22BrF4N5O2/c23-19-4-2-17(20-28-8-12-32(19)20)30-21(33)29-14-1-3-18(16(13-14)22(25,26)27)34-15-5-9-31(10-6-15)11-7-24/h1-4,8,12-13,15H,5-7,9-11H2,(H2,29,30,33). The molecule has 3 aromatic rings. The van der Waals surface area contributed by atoms with Crippen molar-refractivity contribution in [3.8, 4) is 5.75 Å². The zero-order chi connectivity index (χ0) is 24.3. The van der Waals surface area contributed by atoms with Crippen molar-refractivity contribution in [2.75, 3.05) is 36.9 Å². The van der Waals surface area contributed by atoms with E-state index in [4.69, 9.17) is 4.74 Å². The van der Waals surface area contributed by atoms with Gasteiger partial charge in [-0.05, 0) is 59.1 Å². The van der Waals surface area contributed by atoms with Crippen LogP contribution in [0.4, 0.5) is 33.7 Å². The molecule has 0 bridgehead atoms. The molecule has 12 heteroatoms. The number of rotatable bonds is 6. The number of pyridine rings is 1. The average molecular weight is 544 g/mol. The third-order valence-electron chi connectivity index (χ3n) is 5.52. The summed E-state index contributed by atoms with van der Waals surface area (Å²) in [5.74, 6) is -0.297. The number of urea groups is 1. The largest absolute Gasteiger partial charge is 0.490 e. The van der Waals surface area contributed by atoms with E-state index in [9.17, 15) is 22.4 Å². The van der Waals surface area contributed by atoms with Gasteiger partial charge in [0.05, 0.1) is 15.9 Å². The Labute approximate surface area is 201 Å². The number of hydrogen-bond donors (Lipinski definition) is 2. The lowest BCUT2D eigenvalue weighted by atomic mass is 10.1. The van der Waals surface area contributed by atoms with E-state index >= 15 is 0 Å². The van der Waals surface area contributed by atoms with Crippen LogP contribution in [-0.4, -0.2) is 52.7 Å². The first-order valence-electron chi connectivity index (χ1n) is 10.6. The number of alkyl halides is 4. The molecule has 1 aromatic carbocycles. The van der Waals surface area contributed by atoms with Gasteiger partial charge in [0.2, 0.25) is 0 Å². The minimum absolute atomic E-state index is 0.0357. The van der Waals surface area contributed by atoms with Crippen molar-refractivity contribution in [3.05, 3.63) is 52.9 Å². The first-order valence-corrected chi connectivity index (χ1v) is 11.4. The van der Waals surface area contributed by atoms with Gasteiger partial charge in [0.15, 0.2) is 5.65 Å². The van der Waals surface area contributed by atoms with E-state index in [1.54, 1.807) is 28.9 Å². The number of aromatic nitrogens is 2. The first kappa shape index (κ1) is 24.3. The molecule has 0 saturated carbocycles. The number of anilines is 2. The van der Waals surface area contributed by atoms with Gasteiger partial charge in [0.25, 0.3) is 0 Å². The maximum atomic E-state index is 13.7. The Morgan fingerprint density at radius 3 is 2.65 bits per heavy atom. The third-order valence-corrected chi connectivity index (χ3v) is 6.17. The van der Waals surface area contributed by atoms with Gasteiger partial charge in [-0.3, -0.25) is 4.40 Å². The van der Waals surface area contributed by atoms with E-state index in [2.05, 4.69) is 31.5 Å². The van der Waals surface area contributed by atoms with Crippen molar-refractivity contribution < 1.29 is 27.1 Å². The molecule has 0 unspecified atom stereocenters. The minimum atomic E-state index is -4.67. The molecule has 1 aliphatic rings. The van der Waals surface area contributed by atoms with Crippen molar-refractivity contribution in [1.82, 2.24) is 14.3 Å². The molecule has 4 rings (SSSR count). The Morgan fingerprint density at radius 1 is 1.18 bits per heavy atom. The SMILES string of the molecule is O=C(Nc1ccc(OC2CCN(CCF)CC2)c(C(F)(F)F)c1)Nc1ccc(Br)n2ccnc12. The topological polar surface area (TPSA) is 70.9 Å². The molecule has 2 N–H and O–H groups in total. The Kier molecular flexibility index (Phi) is 7.27. The van der Waals surface area contributed by atoms with Crippen LogP contribution in [0.2, 0.25) is 0 Å². The molecule has 1 aliphatic heterocycles. The van der Waals surface area contributed by atoms with Crippen LogP contribution < -0.4 is 15.4 Å². The van der Waals surface area contributed by atoms with E-state index < -0.39 is 30.5 Å². The van der Waals surface area contributed by atoms with Crippen LogP contribution in [0.25, 0.3) is 5.65 Å². The van der Waals surface area contributed by atoms with Crippen molar-refractivity contribution in [1.29, 1.82) is 0 Å². The third kappa shape index (κ3) is 5.61. The number of nitrogens with zero attached hydrogens (tertiary/aromatic N) is 3. The highest BCUT2D eigenvalue weighted by atomic mass is 79.9. The van der Waals surface area contributed by atoms with Gasteiger partial charge >= 0.3 is 12.2 Å². The maximum Gasteiger partial charge on any atom is 0.420 e. The Morgan fingerprint density at radius 2 is 1.94 bits per heavy atom.